The van der Waals surface area contributed by atoms with Crippen molar-refractivity contribution in [2.45, 2.75) is 282 Å². The predicted molar refractivity (Wildman–Crippen MR) is 266 cm³/mol. The average molecular weight is 959 g/mol. The van der Waals surface area contributed by atoms with Crippen LogP contribution in [0.15, 0.2) is 24.3 Å². The first-order valence-electron chi connectivity index (χ1n) is 26.9. The van der Waals surface area contributed by atoms with E-state index in [-0.39, 0.29) is 19.4 Å². The van der Waals surface area contributed by atoms with Gasteiger partial charge in [0.2, 0.25) is 0 Å². The van der Waals surface area contributed by atoms with E-state index in [1.807, 2.05) is 0 Å². The minimum Gasteiger partial charge on any atom is -0.462 e. The van der Waals surface area contributed by atoms with Gasteiger partial charge in [-0.05, 0) is 57.8 Å². The Hall–Kier alpha value is -1.87. The topological polar surface area (TPSA) is 186 Å². The maximum atomic E-state index is 12.8. The molecule has 4 N–H and O–H groups in total. The molecule has 0 bridgehead atoms. The lowest BCUT2D eigenvalue weighted by atomic mass is 10.00. The molecule has 1 rings (SSSR count). The summed E-state index contributed by atoms with van der Waals surface area (Å²) in [6.45, 7) is 3.76. The number of hydrogen-bond acceptors (Lipinski definition) is 11. The van der Waals surface area contributed by atoms with E-state index in [0.29, 0.717) is 12.8 Å². The van der Waals surface area contributed by atoms with Gasteiger partial charge in [-0.3, -0.25) is 14.1 Å². The first kappa shape index (κ1) is 62.1. The molecule has 0 aromatic heterocycles. The summed E-state index contributed by atoms with van der Waals surface area (Å²) in [5, 5.41) is 31.0. The molecule has 12 nitrogen and oxygen atoms in total. The number of carbonyl (C=O) groups excluding carboxylic acids is 2. The van der Waals surface area contributed by atoms with Gasteiger partial charge < -0.3 is 34.3 Å². The zero-order valence-electron chi connectivity index (χ0n) is 41.8. The predicted octanol–water partition coefficient (Wildman–Crippen LogP) is 12.3. The number of carbonyl (C=O) groups is 2. The Kier molecular flexibility index (Phi) is 40.7. The highest BCUT2D eigenvalue weighted by atomic mass is 32.2. The highest BCUT2D eigenvalue weighted by Gasteiger charge is 2.46. The van der Waals surface area contributed by atoms with Crippen LogP contribution in [0.4, 0.5) is 0 Å². The van der Waals surface area contributed by atoms with Gasteiger partial charge in [0.25, 0.3) is 10.1 Å². The summed E-state index contributed by atoms with van der Waals surface area (Å²) < 4.78 is 54.2. The Morgan fingerprint density at radius 1 is 0.500 bits per heavy atom. The van der Waals surface area contributed by atoms with E-state index in [2.05, 4.69) is 38.2 Å². The molecule has 1 heterocycles. The lowest BCUT2D eigenvalue weighted by molar-refractivity contribution is -0.297. The standard InChI is InChI=1S/C53H98O12S/c1-3-5-7-9-11-13-15-17-19-20-21-22-23-24-25-26-28-29-31-33-35-37-39-41-48(54)62-43-46(44-63-53-52(58)51(57)50(56)47(65-53)45-66(59,60)61)64-49(55)42-40-38-36-34-32-30-27-18-16-14-12-10-8-6-4-2/h30,32-33,35,46-47,50-53,56-58H,3-29,31,34,36-45H2,1-2H3,(H,59,60,61)/b32-30+,35-33+/t46-,47-,50-,51?,52?,53+/m1/s1. The number of hydrogen-bond donors (Lipinski definition) is 4. The molecular weight excluding hydrogens is 861 g/mol. The van der Waals surface area contributed by atoms with Crippen LogP contribution in [-0.2, 0) is 38.7 Å². The van der Waals surface area contributed by atoms with Crippen molar-refractivity contribution in [1.29, 1.82) is 0 Å². The Balaban J connectivity index is 2.34. The maximum Gasteiger partial charge on any atom is 0.306 e. The van der Waals surface area contributed by atoms with Gasteiger partial charge >= 0.3 is 11.9 Å². The van der Waals surface area contributed by atoms with Gasteiger partial charge in [0, 0.05) is 12.8 Å². The number of aliphatic hydroxyl groups is 3. The van der Waals surface area contributed by atoms with E-state index in [0.717, 1.165) is 38.5 Å². The second kappa shape index (κ2) is 43.2. The molecule has 1 aliphatic rings. The summed E-state index contributed by atoms with van der Waals surface area (Å²) in [4.78, 5) is 25.5. The van der Waals surface area contributed by atoms with Gasteiger partial charge in [0.05, 0.1) is 6.61 Å². The molecule has 0 saturated carbocycles. The molecule has 13 heteroatoms. The van der Waals surface area contributed by atoms with Crippen LogP contribution in [0, 0.1) is 0 Å². The van der Waals surface area contributed by atoms with Crippen molar-refractivity contribution in [3.8, 4) is 0 Å². The molecular formula is C53H98O12S. The molecule has 388 valence electrons. The van der Waals surface area contributed by atoms with Crippen LogP contribution in [-0.4, -0.2) is 96.0 Å². The fraction of sp³-hybridized carbons (Fsp3) is 0.887. The van der Waals surface area contributed by atoms with Crippen molar-refractivity contribution in [3.05, 3.63) is 24.3 Å². The van der Waals surface area contributed by atoms with Crippen molar-refractivity contribution >= 4 is 22.1 Å². The van der Waals surface area contributed by atoms with Crippen LogP contribution in [0.25, 0.3) is 0 Å². The fourth-order valence-corrected chi connectivity index (χ4v) is 9.02. The molecule has 0 radical (unpaired) electrons. The largest absolute Gasteiger partial charge is 0.462 e. The van der Waals surface area contributed by atoms with Gasteiger partial charge in [-0.2, -0.15) is 8.42 Å². The summed E-state index contributed by atoms with van der Waals surface area (Å²) in [6.07, 6.45) is 41.0. The first-order chi connectivity index (χ1) is 32.0. The van der Waals surface area contributed by atoms with Gasteiger partial charge in [-0.1, -0.05) is 199 Å². The van der Waals surface area contributed by atoms with Gasteiger partial charge in [-0.15, -0.1) is 0 Å². The zero-order valence-corrected chi connectivity index (χ0v) is 42.6. The lowest BCUT2D eigenvalue weighted by Gasteiger charge is -2.40. The minimum atomic E-state index is -4.61. The first-order valence-corrected chi connectivity index (χ1v) is 28.5. The van der Waals surface area contributed by atoms with E-state index in [1.54, 1.807) is 0 Å². The number of aliphatic hydroxyl groups excluding tert-OH is 3. The van der Waals surface area contributed by atoms with Crippen LogP contribution in [0.5, 0.6) is 0 Å². The fourth-order valence-electron chi connectivity index (χ4n) is 8.32. The minimum absolute atomic E-state index is 0.141. The van der Waals surface area contributed by atoms with Crippen LogP contribution in [0.1, 0.15) is 245 Å². The molecule has 2 unspecified atom stereocenters. The smallest absolute Gasteiger partial charge is 0.306 e. The Bertz CT molecular complexity index is 1310. The lowest BCUT2D eigenvalue weighted by Crippen LogP contribution is -2.60. The van der Waals surface area contributed by atoms with Crippen LogP contribution in [0.3, 0.4) is 0 Å². The summed E-state index contributed by atoms with van der Waals surface area (Å²) >= 11 is 0. The van der Waals surface area contributed by atoms with Crippen LogP contribution in [0.2, 0.25) is 0 Å². The monoisotopic (exact) mass is 959 g/mol. The Morgan fingerprint density at radius 3 is 1.30 bits per heavy atom. The van der Waals surface area contributed by atoms with Gasteiger partial charge in [0.15, 0.2) is 12.4 Å². The van der Waals surface area contributed by atoms with Crippen LogP contribution < -0.4 is 0 Å². The third-order valence-electron chi connectivity index (χ3n) is 12.5. The molecule has 0 spiro atoms. The number of rotatable bonds is 46. The third-order valence-corrected chi connectivity index (χ3v) is 13.3. The normalized spacial score (nSPS) is 19.5. The molecule has 0 aromatic carbocycles. The molecule has 1 fully saturated rings. The van der Waals surface area contributed by atoms with Crippen molar-refractivity contribution < 1.29 is 56.8 Å². The molecule has 0 aliphatic carbocycles. The summed E-state index contributed by atoms with van der Waals surface area (Å²) in [5.74, 6) is -2.03. The highest BCUT2D eigenvalue weighted by molar-refractivity contribution is 7.85. The van der Waals surface area contributed by atoms with Crippen molar-refractivity contribution in [1.82, 2.24) is 0 Å². The van der Waals surface area contributed by atoms with Gasteiger partial charge in [-0.25, -0.2) is 0 Å². The van der Waals surface area contributed by atoms with E-state index < -0.39 is 71.2 Å². The van der Waals surface area contributed by atoms with E-state index in [9.17, 15) is 37.9 Å². The second-order valence-corrected chi connectivity index (χ2v) is 20.4. The molecule has 0 aromatic rings. The molecule has 1 saturated heterocycles. The summed E-state index contributed by atoms with van der Waals surface area (Å²) in [6, 6.07) is 0. The van der Waals surface area contributed by atoms with Crippen molar-refractivity contribution in [2.24, 2.45) is 0 Å². The van der Waals surface area contributed by atoms with E-state index in [1.165, 1.54) is 167 Å². The van der Waals surface area contributed by atoms with Gasteiger partial charge in [0.1, 0.15) is 36.8 Å². The molecule has 0 amide bonds. The highest BCUT2D eigenvalue weighted by Crippen LogP contribution is 2.24. The molecule has 66 heavy (non-hydrogen) atoms. The number of ether oxygens (including phenoxy) is 4. The van der Waals surface area contributed by atoms with Crippen molar-refractivity contribution in [2.75, 3.05) is 19.0 Å². The number of allylic oxidation sites excluding steroid dienone is 4. The maximum absolute atomic E-state index is 12.8. The van der Waals surface area contributed by atoms with Crippen molar-refractivity contribution in [3.63, 3.8) is 0 Å². The summed E-state index contributed by atoms with van der Waals surface area (Å²) in [5.41, 5.74) is 0. The molecule has 6 atom stereocenters. The third kappa shape index (κ3) is 37.1. The average Bonchev–Trinajstić information content (AvgIpc) is 3.28. The second-order valence-electron chi connectivity index (χ2n) is 18.9. The van der Waals surface area contributed by atoms with Crippen LogP contribution >= 0.6 is 0 Å². The zero-order chi connectivity index (χ0) is 48.4. The Labute approximate surface area is 402 Å². The molecule has 1 aliphatic heterocycles. The van der Waals surface area contributed by atoms with E-state index in [4.69, 9.17) is 18.9 Å². The number of esters is 2. The Morgan fingerprint density at radius 2 is 0.879 bits per heavy atom. The number of unbranched alkanes of at least 4 members (excludes halogenated alkanes) is 30. The SMILES string of the molecule is CCCCCCCCCC/C=C/CCCCCC(=O)O[C@H](COC(=O)CCC/C=C/CCCCCCCCCCCCCCCCCCCC)CO[C@H]1O[C@H](CS(=O)(=O)O)[C@@H](O)C(O)C1O. The quantitative estimate of drug-likeness (QED) is 0.0196. The summed E-state index contributed by atoms with van der Waals surface area (Å²) in [7, 11) is -4.61. The van der Waals surface area contributed by atoms with E-state index >= 15 is 0 Å².